The van der Waals surface area contributed by atoms with E-state index in [1.54, 1.807) is 30.7 Å². The molecule has 0 aliphatic carbocycles. The van der Waals surface area contributed by atoms with Crippen LogP contribution in [0.25, 0.3) is 0 Å². The van der Waals surface area contributed by atoms with Crippen molar-refractivity contribution in [1.82, 2.24) is 14.5 Å². The van der Waals surface area contributed by atoms with Crippen LogP contribution in [0.3, 0.4) is 0 Å². The van der Waals surface area contributed by atoms with Crippen molar-refractivity contribution in [3.8, 4) is 11.5 Å². The van der Waals surface area contributed by atoms with Crippen LogP contribution in [0.5, 0.6) is 11.5 Å². The fourth-order valence-corrected chi connectivity index (χ4v) is 4.29. The highest BCUT2D eigenvalue weighted by Gasteiger charge is 2.31. The van der Waals surface area contributed by atoms with E-state index < -0.39 is 5.60 Å². The average Bonchev–Trinajstić information content (AvgIpc) is 3.25. The summed E-state index contributed by atoms with van der Waals surface area (Å²) in [5.41, 5.74) is 0.340. The number of aliphatic hydroxyl groups is 1. The van der Waals surface area contributed by atoms with Gasteiger partial charge in [-0.15, -0.1) is 0 Å². The highest BCUT2D eigenvalue weighted by atomic mass is 35.5. The number of likely N-dealkylation sites (tertiary alicyclic amines) is 1. The van der Waals surface area contributed by atoms with Crippen molar-refractivity contribution in [3.05, 3.63) is 76.8 Å². The van der Waals surface area contributed by atoms with Crippen molar-refractivity contribution in [2.45, 2.75) is 38.0 Å². The Morgan fingerprint density at radius 1 is 1.00 bits per heavy atom. The van der Waals surface area contributed by atoms with Crippen LogP contribution in [-0.2, 0) is 13.1 Å². The molecular weight excluding hydrogens is 461 g/mol. The first-order valence-corrected chi connectivity index (χ1v) is 11.9. The number of hydrogen-bond acceptors (Lipinski definition) is 5. The van der Waals surface area contributed by atoms with Crippen LogP contribution < -0.4 is 9.47 Å². The first kappa shape index (κ1) is 23.9. The lowest BCUT2D eigenvalue weighted by molar-refractivity contribution is -0.0168. The summed E-state index contributed by atoms with van der Waals surface area (Å²) < 4.78 is 13.7. The summed E-state index contributed by atoms with van der Waals surface area (Å²) in [6.45, 7) is 4.14. The molecule has 176 valence electrons. The third-order valence-corrected chi connectivity index (χ3v) is 6.63. The lowest BCUT2D eigenvalue weighted by Gasteiger charge is -2.27. The molecule has 0 spiro atoms. The van der Waals surface area contributed by atoms with Crippen LogP contribution in [0.15, 0.2) is 61.2 Å². The van der Waals surface area contributed by atoms with E-state index in [-0.39, 0.29) is 6.61 Å². The molecule has 0 bridgehead atoms. The van der Waals surface area contributed by atoms with Gasteiger partial charge in [-0.2, -0.15) is 0 Å². The summed E-state index contributed by atoms with van der Waals surface area (Å²) in [6.07, 6.45) is 7.73. The van der Waals surface area contributed by atoms with Gasteiger partial charge in [0.1, 0.15) is 24.7 Å². The summed E-state index contributed by atoms with van der Waals surface area (Å²) in [4.78, 5) is 6.42. The second kappa shape index (κ2) is 11.3. The Labute approximate surface area is 204 Å². The van der Waals surface area contributed by atoms with Gasteiger partial charge in [-0.05, 0) is 55.6 Å². The monoisotopic (exact) mass is 489 g/mol. The molecule has 1 N–H and O–H groups in total. The Morgan fingerprint density at radius 3 is 2.70 bits per heavy atom. The topological polar surface area (TPSA) is 59.8 Å². The number of ether oxygens (including phenoxy) is 2. The summed E-state index contributed by atoms with van der Waals surface area (Å²) in [5.74, 6) is 1.48. The summed E-state index contributed by atoms with van der Waals surface area (Å²) in [5, 5.41) is 12.0. The molecule has 2 aromatic carbocycles. The van der Waals surface area contributed by atoms with Crippen molar-refractivity contribution in [3.63, 3.8) is 0 Å². The van der Waals surface area contributed by atoms with E-state index in [0.717, 1.165) is 38.3 Å². The van der Waals surface area contributed by atoms with Crippen LogP contribution in [0, 0.1) is 0 Å². The second-order valence-electron chi connectivity index (χ2n) is 8.52. The maximum atomic E-state index is 11.1. The van der Waals surface area contributed by atoms with E-state index in [1.807, 2.05) is 22.9 Å². The fraction of sp³-hybridized carbons (Fsp3) is 0.400. The van der Waals surface area contributed by atoms with E-state index in [9.17, 15) is 5.11 Å². The molecule has 1 fully saturated rings. The normalized spacial score (nSPS) is 19.2. The van der Waals surface area contributed by atoms with Crippen molar-refractivity contribution in [2.24, 2.45) is 0 Å². The molecule has 1 aliphatic rings. The molecule has 0 amide bonds. The van der Waals surface area contributed by atoms with E-state index in [1.165, 1.54) is 5.56 Å². The van der Waals surface area contributed by atoms with Crippen molar-refractivity contribution in [2.75, 3.05) is 26.3 Å². The number of nitrogens with zero attached hydrogens (tertiary/aromatic N) is 3. The van der Waals surface area contributed by atoms with Gasteiger partial charge >= 0.3 is 0 Å². The van der Waals surface area contributed by atoms with E-state index >= 15 is 0 Å². The zero-order valence-electron chi connectivity index (χ0n) is 18.5. The zero-order valence-corrected chi connectivity index (χ0v) is 20.0. The first-order valence-electron chi connectivity index (χ1n) is 11.2. The van der Waals surface area contributed by atoms with Crippen molar-refractivity contribution >= 4 is 23.2 Å². The number of rotatable bonds is 9. The van der Waals surface area contributed by atoms with E-state index in [2.05, 4.69) is 22.0 Å². The maximum absolute atomic E-state index is 11.1. The fourth-order valence-electron chi connectivity index (χ4n) is 4.00. The van der Waals surface area contributed by atoms with Gasteiger partial charge in [0.2, 0.25) is 0 Å². The Balaban J connectivity index is 1.26. The first-order chi connectivity index (χ1) is 16.0. The number of aromatic nitrogens is 2. The van der Waals surface area contributed by atoms with Gasteiger partial charge < -0.3 is 19.1 Å². The van der Waals surface area contributed by atoms with Crippen LogP contribution in [0.4, 0.5) is 0 Å². The van der Waals surface area contributed by atoms with Crippen LogP contribution in [0.1, 0.15) is 24.8 Å². The molecule has 8 heteroatoms. The van der Waals surface area contributed by atoms with Gasteiger partial charge in [0, 0.05) is 31.5 Å². The third kappa shape index (κ3) is 7.11. The number of benzene rings is 2. The largest absolute Gasteiger partial charge is 0.492 e. The number of halogens is 2. The van der Waals surface area contributed by atoms with Gasteiger partial charge in [0.15, 0.2) is 0 Å². The minimum atomic E-state index is -0.862. The lowest BCUT2D eigenvalue weighted by atomic mass is 9.96. The van der Waals surface area contributed by atoms with Gasteiger partial charge in [-0.1, -0.05) is 35.3 Å². The molecule has 1 atom stereocenters. The molecule has 4 rings (SSSR count). The van der Waals surface area contributed by atoms with Crippen LogP contribution in [0.2, 0.25) is 10.0 Å². The van der Waals surface area contributed by atoms with Gasteiger partial charge in [0.05, 0.1) is 28.5 Å². The van der Waals surface area contributed by atoms with E-state index in [4.69, 9.17) is 32.7 Å². The predicted molar refractivity (Wildman–Crippen MR) is 130 cm³/mol. The third-order valence-electron chi connectivity index (χ3n) is 5.89. The second-order valence-corrected chi connectivity index (χ2v) is 9.33. The molecule has 1 aromatic heterocycles. The Bertz CT molecular complexity index is 1030. The molecule has 33 heavy (non-hydrogen) atoms. The smallest absolute Gasteiger partial charge is 0.121 e. The highest BCUT2D eigenvalue weighted by molar-refractivity contribution is 6.42. The Hall–Kier alpha value is -2.25. The Morgan fingerprint density at radius 2 is 1.88 bits per heavy atom. The average molecular weight is 490 g/mol. The number of imidazole rings is 1. The molecule has 0 saturated carbocycles. The predicted octanol–water partition coefficient (Wildman–Crippen LogP) is 5.06. The zero-order chi connectivity index (χ0) is 23.1. The summed E-state index contributed by atoms with van der Waals surface area (Å²) in [7, 11) is 0. The van der Waals surface area contributed by atoms with Gasteiger partial charge in [-0.25, -0.2) is 4.98 Å². The molecule has 6 nitrogen and oxygen atoms in total. The minimum Gasteiger partial charge on any atom is -0.492 e. The summed E-state index contributed by atoms with van der Waals surface area (Å²) >= 11 is 12.0. The van der Waals surface area contributed by atoms with E-state index in [0.29, 0.717) is 35.2 Å². The van der Waals surface area contributed by atoms with Crippen molar-refractivity contribution in [1.29, 1.82) is 0 Å². The molecule has 1 saturated heterocycles. The SMILES string of the molecule is O[C@]1(COc2ccc(Cl)c(Cl)c2)CCCN(Cc2cccc(OCCn3ccnc3)c2)CC1. The van der Waals surface area contributed by atoms with Crippen LogP contribution in [-0.4, -0.2) is 51.5 Å². The molecule has 1 aliphatic heterocycles. The van der Waals surface area contributed by atoms with Gasteiger partial charge in [0.25, 0.3) is 0 Å². The maximum Gasteiger partial charge on any atom is 0.121 e. The molecule has 0 radical (unpaired) electrons. The Kier molecular flexibility index (Phi) is 8.15. The highest BCUT2D eigenvalue weighted by Crippen LogP contribution is 2.29. The number of hydrogen-bond donors (Lipinski definition) is 1. The summed E-state index contributed by atoms with van der Waals surface area (Å²) in [6, 6.07) is 13.4. The molecule has 2 heterocycles. The molecule has 0 unspecified atom stereocenters. The van der Waals surface area contributed by atoms with Gasteiger partial charge in [-0.3, -0.25) is 4.90 Å². The minimum absolute atomic E-state index is 0.235. The molecule has 3 aromatic rings. The van der Waals surface area contributed by atoms with Crippen molar-refractivity contribution < 1.29 is 14.6 Å². The molecular formula is C25H29Cl2N3O3. The quantitative estimate of drug-likeness (QED) is 0.454. The lowest BCUT2D eigenvalue weighted by Crippen LogP contribution is -2.37. The van der Waals surface area contributed by atoms with Crippen LogP contribution >= 0.6 is 23.2 Å². The standard InChI is InChI=1S/C25H29Cl2N3O3/c26-23-6-5-22(16-24(23)27)33-18-25(31)7-2-10-29(11-8-25)17-20-3-1-4-21(15-20)32-14-13-30-12-9-28-19-30/h1,3-6,9,12,15-16,19,31H,2,7-8,10-11,13-14,17-18H2/t25-/m1/s1.